The van der Waals surface area contributed by atoms with E-state index in [0.717, 1.165) is 33.4 Å². The van der Waals surface area contributed by atoms with Gasteiger partial charge in [-0.3, -0.25) is 0 Å². The summed E-state index contributed by atoms with van der Waals surface area (Å²) in [7, 11) is 1.55. The van der Waals surface area contributed by atoms with Crippen molar-refractivity contribution in [3.63, 3.8) is 0 Å². The fourth-order valence-electron chi connectivity index (χ4n) is 8.19. The lowest BCUT2D eigenvalue weighted by atomic mass is 9.97. The van der Waals surface area contributed by atoms with Crippen LogP contribution in [-0.4, -0.2) is 86.8 Å². The first kappa shape index (κ1) is 47.4. The van der Waals surface area contributed by atoms with Gasteiger partial charge in [0.1, 0.15) is 48.8 Å². The first-order valence-corrected chi connectivity index (χ1v) is 22.6. The summed E-state index contributed by atoms with van der Waals surface area (Å²) in [6.45, 7) is 1.71. The van der Waals surface area contributed by atoms with Gasteiger partial charge in [0.25, 0.3) is 0 Å². The van der Waals surface area contributed by atoms with Crippen molar-refractivity contribution in [1.82, 2.24) is 0 Å². The Hall–Kier alpha value is -5.12. The Morgan fingerprint density at radius 1 is 0.348 bits per heavy atom. The van der Waals surface area contributed by atoms with E-state index >= 15 is 0 Å². The van der Waals surface area contributed by atoms with E-state index in [-0.39, 0.29) is 39.6 Å². The molecule has 0 saturated carbocycles. The van der Waals surface area contributed by atoms with Crippen molar-refractivity contribution in [2.24, 2.45) is 0 Å². The van der Waals surface area contributed by atoms with Crippen LogP contribution in [0.4, 0.5) is 0 Å². The van der Waals surface area contributed by atoms with Crippen LogP contribution in [0.5, 0.6) is 0 Å². The maximum atomic E-state index is 12.2. The van der Waals surface area contributed by atoms with Crippen molar-refractivity contribution < 1.29 is 52.5 Å². The first-order chi connectivity index (χ1) is 32.6. The lowest BCUT2D eigenvalue weighted by Gasteiger charge is -2.47. The molecule has 6 aromatic carbocycles. The van der Waals surface area contributed by atoms with Crippen LogP contribution in [0.25, 0.3) is 0 Å². The highest BCUT2D eigenvalue weighted by Gasteiger charge is 2.51. The van der Waals surface area contributed by atoms with Crippen LogP contribution in [0.2, 0.25) is 0 Å². The summed E-state index contributed by atoms with van der Waals surface area (Å²) in [5.74, 6) is 0. The van der Waals surface area contributed by atoms with E-state index in [2.05, 4.69) is 0 Å². The minimum Gasteiger partial charge on any atom is -0.387 e. The molecule has 2 saturated heterocycles. The Morgan fingerprint density at radius 2 is 0.682 bits per heavy atom. The van der Waals surface area contributed by atoms with Gasteiger partial charge >= 0.3 is 0 Å². The first-order valence-electron chi connectivity index (χ1n) is 22.6. The second kappa shape index (κ2) is 25.1. The predicted molar refractivity (Wildman–Crippen MR) is 247 cm³/mol. The van der Waals surface area contributed by atoms with Crippen LogP contribution >= 0.6 is 0 Å². The third-order valence-electron chi connectivity index (χ3n) is 11.7. The van der Waals surface area contributed by atoms with Gasteiger partial charge in [0.15, 0.2) is 12.6 Å². The third-order valence-corrected chi connectivity index (χ3v) is 11.7. The zero-order valence-electron chi connectivity index (χ0n) is 37.3. The number of ether oxygens (including phenoxy) is 10. The highest BCUT2D eigenvalue weighted by molar-refractivity contribution is 5.18. The molecule has 6 aromatic rings. The quantitative estimate of drug-likeness (QED) is 0.0668. The molecule has 10 atom stereocenters. The van der Waals surface area contributed by atoms with Gasteiger partial charge in [-0.05, 0) is 33.4 Å². The molecule has 0 radical (unpaired) electrons. The van der Waals surface area contributed by atoms with Crippen molar-refractivity contribution in [3.05, 3.63) is 215 Å². The highest BCUT2D eigenvalue weighted by Crippen LogP contribution is 2.34. The summed E-state index contributed by atoms with van der Waals surface area (Å²) in [5, 5.41) is 12.2. The Labute approximate surface area is 388 Å². The van der Waals surface area contributed by atoms with E-state index in [1.54, 1.807) is 7.11 Å². The SMILES string of the molecule is CO[C@H]1O[C@H](COC2O[C@H](COCc3ccccc3)[C@@H](OCc3ccccc3)[C@H](OCc3ccccc3)[C@H]2OCc2ccccc2)[C@@H](O)[C@H](OCc2ccccc2)[C@H]1OCc1ccccc1. The Balaban J connectivity index is 1.08. The largest absolute Gasteiger partial charge is 0.387 e. The van der Waals surface area contributed by atoms with Crippen LogP contribution in [0, 0.1) is 0 Å². The lowest BCUT2D eigenvalue weighted by Crippen LogP contribution is -2.63. The van der Waals surface area contributed by atoms with E-state index in [1.807, 2.05) is 182 Å². The zero-order chi connectivity index (χ0) is 45.2. The number of hydrogen-bond donors (Lipinski definition) is 1. The smallest absolute Gasteiger partial charge is 0.187 e. The lowest BCUT2D eigenvalue weighted by molar-refractivity contribution is -0.348. The Bertz CT molecular complexity index is 2220. The van der Waals surface area contributed by atoms with Crippen LogP contribution in [-0.2, 0) is 87.0 Å². The summed E-state index contributed by atoms with van der Waals surface area (Å²) in [5.41, 5.74) is 5.87. The van der Waals surface area contributed by atoms with Crippen LogP contribution < -0.4 is 0 Å². The van der Waals surface area contributed by atoms with Crippen molar-refractivity contribution in [2.45, 2.75) is 101 Å². The van der Waals surface area contributed by atoms with Crippen LogP contribution in [0.1, 0.15) is 33.4 Å². The Morgan fingerprint density at radius 3 is 1.09 bits per heavy atom. The number of aliphatic hydroxyl groups is 1. The highest BCUT2D eigenvalue weighted by atomic mass is 16.7. The standard InChI is InChI=1S/C55H60O11/c1-57-54-52(62-36-44-28-16-6-17-29-44)50(60-34-42-24-12-4-13-25-42)48(56)46(65-54)39-64-55-53(63-37-45-30-18-7-19-31-45)51(61-35-43-26-14-5-15-27-43)49(59-33-41-22-10-3-11-23-41)47(66-55)38-58-32-40-20-8-2-9-21-40/h2-31,46-56H,32-39H2,1H3/t46-,47-,48-,49-,50+,51+,52-,53-,54+,55?/m1/s1. The van der Waals surface area contributed by atoms with Gasteiger partial charge in [0.05, 0.1) is 52.9 Å². The van der Waals surface area contributed by atoms with Crippen LogP contribution in [0.15, 0.2) is 182 Å². The predicted octanol–water partition coefficient (Wildman–Crippen LogP) is 8.60. The van der Waals surface area contributed by atoms with Gasteiger partial charge in [0.2, 0.25) is 0 Å². The number of methoxy groups -OCH3 is 1. The van der Waals surface area contributed by atoms with Gasteiger partial charge in [-0.15, -0.1) is 0 Å². The fraction of sp³-hybridized carbons (Fsp3) is 0.345. The summed E-state index contributed by atoms with van der Waals surface area (Å²) >= 11 is 0. The fourth-order valence-corrected chi connectivity index (χ4v) is 8.19. The molecule has 11 heteroatoms. The van der Waals surface area contributed by atoms with Crippen molar-refractivity contribution in [2.75, 3.05) is 20.3 Å². The summed E-state index contributed by atoms with van der Waals surface area (Å²) in [6.07, 6.45) is -8.50. The van der Waals surface area contributed by atoms with E-state index in [9.17, 15) is 5.11 Å². The number of hydrogen-bond acceptors (Lipinski definition) is 11. The zero-order valence-corrected chi connectivity index (χ0v) is 37.3. The average Bonchev–Trinajstić information content (AvgIpc) is 3.37. The molecule has 0 aromatic heterocycles. The van der Waals surface area contributed by atoms with E-state index < -0.39 is 61.4 Å². The van der Waals surface area contributed by atoms with Crippen molar-refractivity contribution in [3.8, 4) is 0 Å². The molecular weight excluding hydrogens is 837 g/mol. The van der Waals surface area contributed by atoms with Crippen molar-refractivity contribution >= 4 is 0 Å². The van der Waals surface area contributed by atoms with Gasteiger partial charge in [-0.1, -0.05) is 182 Å². The van der Waals surface area contributed by atoms with Crippen LogP contribution in [0.3, 0.4) is 0 Å². The molecule has 1 N–H and O–H groups in total. The summed E-state index contributed by atoms with van der Waals surface area (Å²) in [6, 6.07) is 59.5. The molecule has 0 aliphatic carbocycles. The molecular formula is C55H60O11. The minimum atomic E-state index is -1.19. The van der Waals surface area contributed by atoms with E-state index in [4.69, 9.17) is 47.4 Å². The summed E-state index contributed by atoms with van der Waals surface area (Å²) in [4.78, 5) is 0. The summed E-state index contributed by atoms with van der Waals surface area (Å²) < 4.78 is 66.0. The number of benzene rings is 6. The molecule has 66 heavy (non-hydrogen) atoms. The molecule has 2 aliphatic rings. The second-order valence-corrected chi connectivity index (χ2v) is 16.5. The second-order valence-electron chi connectivity index (χ2n) is 16.5. The topological polar surface area (TPSA) is 113 Å². The molecule has 2 aliphatic heterocycles. The molecule has 2 heterocycles. The van der Waals surface area contributed by atoms with E-state index in [1.165, 1.54) is 0 Å². The van der Waals surface area contributed by atoms with Gasteiger partial charge in [0, 0.05) is 7.11 Å². The van der Waals surface area contributed by atoms with Crippen molar-refractivity contribution in [1.29, 1.82) is 0 Å². The normalized spacial score (nSPS) is 25.4. The molecule has 8 rings (SSSR count). The number of aliphatic hydroxyl groups excluding tert-OH is 1. The molecule has 2 fully saturated rings. The Kier molecular flexibility index (Phi) is 18.0. The maximum Gasteiger partial charge on any atom is 0.187 e. The third kappa shape index (κ3) is 13.5. The monoisotopic (exact) mass is 896 g/mol. The molecule has 11 nitrogen and oxygen atoms in total. The molecule has 346 valence electrons. The molecule has 1 unspecified atom stereocenters. The molecule has 0 amide bonds. The number of rotatable bonds is 23. The van der Waals surface area contributed by atoms with Gasteiger partial charge in [-0.2, -0.15) is 0 Å². The molecule has 0 bridgehead atoms. The minimum absolute atomic E-state index is 0.119. The van der Waals surface area contributed by atoms with Gasteiger partial charge in [-0.25, -0.2) is 0 Å². The van der Waals surface area contributed by atoms with Gasteiger partial charge < -0.3 is 52.5 Å². The average molecular weight is 897 g/mol. The molecule has 0 spiro atoms. The maximum absolute atomic E-state index is 12.2. The van der Waals surface area contributed by atoms with E-state index in [0.29, 0.717) is 13.2 Å².